The number of ether oxygens (including phenoxy) is 1. The Bertz CT molecular complexity index is 1220. The van der Waals surface area contributed by atoms with Crippen molar-refractivity contribution in [2.75, 3.05) is 13.6 Å². The van der Waals surface area contributed by atoms with Crippen LogP contribution < -0.4 is 10.6 Å². The van der Waals surface area contributed by atoms with Crippen molar-refractivity contribution in [3.05, 3.63) is 53.0 Å². The maximum absolute atomic E-state index is 13.2. The van der Waals surface area contributed by atoms with Gasteiger partial charge in [0.05, 0.1) is 6.54 Å². The Morgan fingerprint density at radius 2 is 2.00 bits per heavy atom. The fraction of sp³-hybridized carbons (Fsp3) is 0.417. The zero-order valence-electron chi connectivity index (χ0n) is 19.8. The van der Waals surface area contributed by atoms with E-state index >= 15 is 0 Å². The van der Waals surface area contributed by atoms with Crippen molar-refractivity contribution >= 4 is 28.8 Å². The van der Waals surface area contributed by atoms with Gasteiger partial charge in [-0.1, -0.05) is 18.2 Å². The van der Waals surface area contributed by atoms with Crippen LogP contribution in [0.1, 0.15) is 48.1 Å². The van der Waals surface area contributed by atoms with Gasteiger partial charge in [0.25, 0.3) is 5.91 Å². The first-order valence-electron chi connectivity index (χ1n) is 11.3. The summed E-state index contributed by atoms with van der Waals surface area (Å²) in [5.74, 6) is -0.782. The van der Waals surface area contributed by atoms with E-state index in [2.05, 4.69) is 25.8 Å². The fourth-order valence-electron chi connectivity index (χ4n) is 4.10. The smallest absolute Gasteiger partial charge is 0.410 e. The SMILES string of the molecule is CNC(=O)[C@H](Cc1c[nH]c2ccccc12)NC(=O)c1n[nH]c2c1CN(C(=O)OC(C)(C)C)CC2. The lowest BCUT2D eigenvalue weighted by atomic mass is 10.0. The van der Waals surface area contributed by atoms with Crippen LogP contribution in [0.5, 0.6) is 0 Å². The molecule has 4 rings (SSSR count). The Labute approximate surface area is 197 Å². The molecule has 0 radical (unpaired) electrons. The number of hydrogen-bond acceptors (Lipinski definition) is 5. The zero-order chi connectivity index (χ0) is 24.5. The molecule has 0 bridgehead atoms. The van der Waals surface area contributed by atoms with Crippen LogP contribution in [0.25, 0.3) is 10.9 Å². The summed E-state index contributed by atoms with van der Waals surface area (Å²) in [6, 6.07) is 6.99. The predicted molar refractivity (Wildman–Crippen MR) is 126 cm³/mol. The van der Waals surface area contributed by atoms with Gasteiger partial charge >= 0.3 is 6.09 Å². The molecule has 3 aromatic rings. The molecule has 0 saturated carbocycles. The van der Waals surface area contributed by atoms with Gasteiger partial charge in [0.15, 0.2) is 5.69 Å². The summed E-state index contributed by atoms with van der Waals surface area (Å²) in [6.45, 7) is 6.10. The van der Waals surface area contributed by atoms with Crippen LogP contribution in [0.4, 0.5) is 4.79 Å². The van der Waals surface area contributed by atoms with Gasteiger partial charge in [-0.05, 0) is 32.4 Å². The monoisotopic (exact) mass is 466 g/mol. The number of aromatic amines is 2. The molecule has 34 heavy (non-hydrogen) atoms. The standard InChI is InChI=1S/C24H30N6O4/c1-24(2,3)34-23(33)30-10-9-18-16(13-30)20(29-28-18)22(32)27-19(21(31)25-4)11-14-12-26-17-8-6-5-7-15(14)17/h5-8,12,19,26H,9-11,13H2,1-4H3,(H,25,31)(H,27,32)(H,28,29)/t19-/m0/s1. The van der Waals surface area contributed by atoms with Gasteiger partial charge in [0, 0.05) is 54.8 Å². The third kappa shape index (κ3) is 4.90. The second kappa shape index (κ2) is 9.20. The number of likely N-dealkylation sites (N-methyl/N-ethyl adjacent to an activating group) is 1. The van der Waals surface area contributed by atoms with Crippen molar-refractivity contribution in [1.29, 1.82) is 0 Å². The van der Waals surface area contributed by atoms with Crippen molar-refractivity contribution in [2.45, 2.75) is 51.8 Å². The lowest BCUT2D eigenvalue weighted by Gasteiger charge is -2.30. The van der Waals surface area contributed by atoms with Gasteiger partial charge in [0.1, 0.15) is 11.6 Å². The zero-order valence-corrected chi connectivity index (χ0v) is 19.8. The Morgan fingerprint density at radius 1 is 1.24 bits per heavy atom. The number of amides is 3. The molecule has 10 heteroatoms. The highest BCUT2D eigenvalue weighted by atomic mass is 16.6. The molecule has 180 valence electrons. The molecule has 10 nitrogen and oxygen atoms in total. The maximum atomic E-state index is 13.2. The van der Waals surface area contributed by atoms with E-state index in [0.717, 1.165) is 22.2 Å². The number of aromatic nitrogens is 3. The molecule has 0 aliphatic carbocycles. The molecule has 0 fully saturated rings. The molecule has 3 heterocycles. The van der Waals surface area contributed by atoms with Gasteiger partial charge in [-0.25, -0.2) is 4.79 Å². The highest BCUT2D eigenvalue weighted by Gasteiger charge is 2.31. The summed E-state index contributed by atoms with van der Waals surface area (Å²) in [5.41, 5.74) is 2.89. The number of nitrogens with one attached hydrogen (secondary N) is 4. The molecule has 1 aromatic carbocycles. The van der Waals surface area contributed by atoms with Gasteiger partial charge < -0.3 is 25.3 Å². The summed E-state index contributed by atoms with van der Waals surface area (Å²) in [4.78, 5) is 43.1. The molecule has 3 amide bonds. The van der Waals surface area contributed by atoms with Crippen LogP contribution in [0.3, 0.4) is 0 Å². The third-order valence-corrected chi connectivity index (χ3v) is 5.77. The summed E-state index contributed by atoms with van der Waals surface area (Å²) < 4.78 is 5.47. The van der Waals surface area contributed by atoms with Crippen LogP contribution in [0, 0.1) is 0 Å². The van der Waals surface area contributed by atoms with Crippen molar-refractivity contribution in [3.8, 4) is 0 Å². The molecule has 0 spiro atoms. The van der Waals surface area contributed by atoms with Gasteiger partial charge in [-0.3, -0.25) is 14.7 Å². The van der Waals surface area contributed by atoms with E-state index in [0.29, 0.717) is 24.9 Å². The quantitative estimate of drug-likeness (QED) is 0.458. The van der Waals surface area contributed by atoms with E-state index < -0.39 is 23.6 Å². The Hall–Kier alpha value is -3.82. The Morgan fingerprint density at radius 3 is 2.74 bits per heavy atom. The van der Waals surface area contributed by atoms with Crippen molar-refractivity contribution in [1.82, 2.24) is 30.7 Å². The first-order valence-corrected chi connectivity index (χ1v) is 11.3. The van der Waals surface area contributed by atoms with Gasteiger partial charge in [0.2, 0.25) is 5.91 Å². The number of hydrogen-bond donors (Lipinski definition) is 4. The van der Waals surface area contributed by atoms with Crippen LogP contribution in [0.2, 0.25) is 0 Å². The van der Waals surface area contributed by atoms with Gasteiger partial charge in [-0.15, -0.1) is 0 Å². The Balaban J connectivity index is 1.52. The normalized spacial score (nSPS) is 14.4. The summed E-state index contributed by atoms with van der Waals surface area (Å²) in [5, 5.41) is 13.5. The Kier molecular flexibility index (Phi) is 6.32. The molecular formula is C24H30N6O4. The lowest BCUT2D eigenvalue weighted by Crippen LogP contribution is -2.47. The minimum atomic E-state index is -0.797. The van der Waals surface area contributed by atoms with E-state index in [4.69, 9.17) is 4.74 Å². The molecule has 0 unspecified atom stereocenters. The number of fused-ring (bicyclic) bond motifs is 2. The first kappa shape index (κ1) is 23.3. The average molecular weight is 467 g/mol. The number of carbonyl (C=O) groups excluding carboxylic acids is 3. The molecular weight excluding hydrogens is 436 g/mol. The summed E-state index contributed by atoms with van der Waals surface area (Å²) in [7, 11) is 1.53. The topological polar surface area (TPSA) is 132 Å². The molecule has 1 aliphatic rings. The first-order chi connectivity index (χ1) is 16.2. The van der Waals surface area contributed by atoms with Crippen molar-refractivity contribution < 1.29 is 19.1 Å². The van der Waals surface area contributed by atoms with E-state index in [1.165, 1.54) is 7.05 Å². The van der Waals surface area contributed by atoms with E-state index in [9.17, 15) is 14.4 Å². The summed E-state index contributed by atoms with van der Waals surface area (Å²) in [6.07, 6.45) is 2.25. The number of para-hydroxylation sites is 1. The van der Waals surface area contributed by atoms with E-state index in [-0.39, 0.29) is 18.1 Å². The van der Waals surface area contributed by atoms with Crippen LogP contribution in [-0.2, 0) is 28.9 Å². The number of H-pyrrole nitrogens is 2. The van der Waals surface area contributed by atoms with Crippen LogP contribution in [0.15, 0.2) is 30.5 Å². The number of nitrogens with zero attached hydrogens (tertiary/aromatic N) is 2. The molecule has 1 atom stereocenters. The largest absolute Gasteiger partial charge is 0.444 e. The second-order valence-electron chi connectivity index (χ2n) is 9.39. The molecule has 2 aromatic heterocycles. The van der Waals surface area contributed by atoms with Crippen molar-refractivity contribution in [3.63, 3.8) is 0 Å². The number of benzene rings is 1. The summed E-state index contributed by atoms with van der Waals surface area (Å²) >= 11 is 0. The minimum Gasteiger partial charge on any atom is -0.444 e. The molecule has 1 aliphatic heterocycles. The predicted octanol–water partition coefficient (Wildman–Crippen LogP) is 2.27. The number of carbonyl (C=O) groups is 3. The highest BCUT2D eigenvalue weighted by Crippen LogP contribution is 2.23. The molecule has 0 saturated heterocycles. The van der Waals surface area contributed by atoms with Gasteiger partial charge in [-0.2, -0.15) is 5.10 Å². The molecule has 4 N–H and O–H groups in total. The van der Waals surface area contributed by atoms with Crippen LogP contribution in [-0.4, -0.2) is 63.2 Å². The maximum Gasteiger partial charge on any atom is 0.410 e. The lowest BCUT2D eigenvalue weighted by molar-refractivity contribution is -0.122. The van der Waals surface area contributed by atoms with E-state index in [1.54, 1.807) is 4.90 Å². The highest BCUT2D eigenvalue weighted by molar-refractivity contribution is 5.98. The second-order valence-corrected chi connectivity index (χ2v) is 9.39. The van der Waals surface area contributed by atoms with Crippen molar-refractivity contribution in [2.24, 2.45) is 0 Å². The number of rotatable bonds is 5. The van der Waals surface area contributed by atoms with Crippen LogP contribution >= 0.6 is 0 Å². The average Bonchev–Trinajstić information content (AvgIpc) is 3.40. The third-order valence-electron chi connectivity index (χ3n) is 5.77. The minimum absolute atomic E-state index is 0.177. The van der Waals surface area contributed by atoms with E-state index in [1.807, 2.05) is 51.2 Å². The fourth-order valence-corrected chi connectivity index (χ4v) is 4.10.